The Hall–Kier alpha value is -1.55. The van der Waals surface area contributed by atoms with E-state index in [1.165, 1.54) is 6.07 Å². The molecule has 128 valence electrons. The van der Waals surface area contributed by atoms with Crippen LogP contribution in [0.4, 0.5) is 4.39 Å². The highest BCUT2D eigenvalue weighted by Gasteiger charge is 2.38. The summed E-state index contributed by atoms with van der Waals surface area (Å²) in [7, 11) is 0. The SMILES string of the molecule is [O-][n+]1onc(CN2C[C@@H]3OCCO[C@@H]3C2)c1-c1ccc(Br)c(F)c1. The highest BCUT2D eigenvalue weighted by atomic mass is 79.9. The van der Waals surface area contributed by atoms with Gasteiger partial charge in [0.2, 0.25) is 11.4 Å². The lowest BCUT2D eigenvalue weighted by Crippen LogP contribution is -2.36. The van der Waals surface area contributed by atoms with Crippen LogP contribution in [0.5, 0.6) is 0 Å². The van der Waals surface area contributed by atoms with Crippen LogP contribution in [0, 0.1) is 11.0 Å². The lowest BCUT2D eigenvalue weighted by molar-refractivity contribution is -0.793. The standard InChI is InChI=1S/C15H15BrFN3O4/c16-10-2-1-9(5-11(10)17)15-12(18-24-20(15)21)6-19-7-13-14(8-19)23-4-3-22-13/h1-2,5,13-14H,3-4,6-8H2/t13-,14+. The van der Waals surface area contributed by atoms with Crippen molar-refractivity contribution in [1.82, 2.24) is 10.1 Å². The fraction of sp³-hybridized carbons (Fsp3) is 0.467. The highest BCUT2D eigenvalue weighted by Crippen LogP contribution is 2.27. The number of rotatable bonds is 3. The summed E-state index contributed by atoms with van der Waals surface area (Å²) >= 11 is 3.10. The van der Waals surface area contributed by atoms with E-state index in [4.69, 9.17) is 14.1 Å². The first-order valence-corrected chi connectivity index (χ1v) is 8.40. The van der Waals surface area contributed by atoms with Gasteiger partial charge < -0.3 is 14.7 Å². The summed E-state index contributed by atoms with van der Waals surface area (Å²) in [5.74, 6) is -0.450. The highest BCUT2D eigenvalue weighted by molar-refractivity contribution is 9.10. The smallest absolute Gasteiger partial charge is 0.240 e. The Labute approximate surface area is 145 Å². The molecular weight excluding hydrogens is 385 g/mol. The summed E-state index contributed by atoms with van der Waals surface area (Å²) in [6, 6.07) is 4.48. The van der Waals surface area contributed by atoms with Gasteiger partial charge in [0.15, 0.2) is 0 Å². The molecular formula is C15H15BrFN3O4. The first-order valence-electron chi connectivity index (χ1n) is 7.61. The summed E-state index contributed by atoms with van der Waals surface area (Å²) < 4.78 is 30.2. The fourth-order valence-corrected chi connectivity index (χ4v) is 3.42. The van der Waals surface area contributed by atoms with Crippen LogP contribution in [-0.2, 0) is 16.0 Å². The number of aromatic nitrogens is 2. The summed E-state index contributed by atoms with van der Waals surface area (Å²) in [5, 5.41) is 15.8. The minimum Gasteiger partial charge on any atom is -0.372 e. The van der Waals surface area contributed by atoms with Gasteiger partial charge in [-0.3, -0.25) is 9.53 Å². The first kappa shape index (κ1) is 15.9. The molecule has 2 aliphatic heterocycles. The van der Waals surface area contributed by atoms with Crippen molar-refractivity contribution >= 4 is 15.9 Å². The van der Waals surface area contributed by atoms with Crippen molar-refractivity contribution in [1.29, 1.82) is 0 Å². The lowest BCUT2D eigenvalue weighted by Gasteiger charge is -2.24. The second-order valence-corrected chi connectivity index (χ2v) is 6.72. The van der Waals surface area contributed by atoms with Gasteiger partial charge in [0, 0.05) is 23.8 Å². The van der Waals surface area contributed by atoms with Crippen LogP contribution in [0.15, 0.2) is 27.3 Å². The van der Waals surface area contributed by atoms with Crippen LogP contribution >= 0.6 is 15.9 Å². The molecule has 0 aliphatic carbocycles. The van der Waals surface area contributed by atoms with Crippen LogP contribution in [-0.4, -0.2) is 48.6 Å². The van der Waals surface area contributed by atoms with E-state index in [-0.39, 0.29) is 17.9 Å². The van der Waals surface area contributed by atoms with Crippen molar-refractivity contribution in [2.75, 3.05) is 26.3 Å². The van der Waals surface area contributed by atoms with Gasteiger partial charge in [-0.2, -0.15) is 0 Å². The zero-order chi connectivity index (χ0) is 16.7. The predicted octanol–water partition coefficient (Wildman–Crippen LogP) is 1.48. The van der Waals surface area contributed by atoms with Gasteiger partial charge in [-0.1, -0.05) is 0 Å². The topological polar surface area (TPSA) is 74.7 Å². The van der Waals surface area contributed by atoms with Gasteiger partial charge in [-0.15, -0.1) is 0 Å². The molecule has 24 heavy (non-hydrogen) atoms. The quantitative estimate of drug-likeness (QED) is 0.727. The molecule has 2 atom stereocenters. The Bertz CT molecular complexity index is 742. The maximum absolute atomic E-state index is 13.8. The first-order chi connectivity index (χ1) is 11.6. The van der Waals surface area contributed by atoms with Crippen LogP contribution in [0.2, 0.25) is 0 Å². The molecule has 0 N–H and O–H groups in total. The molecule has 1 aromatic heterocycles. The molecule has 2 aromatic rings. The summed E-state index contributed by atoms with van der Waals surface area (Å²) in [6.45, 7) is 3.01. The molecule has 0 spiro atoms. The zero-order valence-corrected chi connectivity index (χ0v) is 14.2. The zero-order valence-electron chi connectivity index (χ0n) is 12.7. The molecule has 9 heteroatoms. The van der Waals surface area contributed by atoms with Gasteiger partial charge in [0.05, 0.1) is 36.4 Å². The summed E-state index contributed by atoms with van der Waals surface area (Å²) in [4.78, 5) is 2.41. The third-order valence-corrected chi connectivity index (χ3v) is 4.93. The van der Waals surface area contributed by atoms with Crippen molar-refractivity contribution in [2.24, 2.45) is 0 Å². The van der Waals surface area contributed by atoms with Gasteiger partial charge in [-0.25, -0.2) is 4.39 Å². The van der Waals surface area contributed by atoms with Crippen molar-refractivity contribution in [3.8, 4) is 11.3 Å². The average molecular weight is 400 g/mol. The molecule has 4 rings (SSSR count). The molecule has 0 amide bonds. The van der Waals surface area contributed by atoms with Crippen LogP contribution in [0.3, 0.4) is 0 Å². The van der Waals surface area contributed by atoms with E-state index in [1.54, 1.807) is 12.1 Å². The van der Waals surface area contributed by atoms with Crippen molar-refractivity contribution in [3.63, 3.8) is 0 Å². The molecule has 0 unspecified atom stereocenters. The second kappa shape index (κ2) is 6.40. The third kappa shape index (κ3) is 2.92. The number of benzene rings is 1. The van der Waals surface area contributed by atoms with Gasteiger partial charge in [0.25, 0.3) is 0 Å². The monoisotopic (exact) mass is 399 g/mol. The Morgan fingerprint density at radius 1 is 1.29 bits per heavy atom. The van der Waals surface area contributed by atoms with Crippen LogP contribution in [0.25, 0.3) is 11.3 Å². The number of ether oxygens (including phenoxy) is 2. The Morgan fingerprint density at radius 3 is 2.67 bits per heavy atom. The third-order valence-electron chi connectivity index (χ3n) is 4.29. The molecule has 0 bridgehead atoms. The van der Waals surface area contributed by atoms with Gasteiger partial charge in [0.1, 0.15) is 5.82 Å². The molecule has 0 saturated carbocycles. The Morgan fingerprint density at radius 2 is 2.00 bits per heavy atom. The van der Waals surface area contributed by atoms with Gasteiger partial charge >= 0.3 is 0 Å². The molecule has 2 fully saturated rings. The van der Waals surface area contributed by atoms with Crippen molar-refractivity contribution < 1.29 is 23.4 Å². The van der Waals surface area contributed by atoms with E-state index in [0.717, 1.165) is 0 Å². The molecule has 2 aliphatic rings. The van der Waals surface area contributed by atoms with E-state index < -0.39 is 5.82 Å². The number of likely N-dealkylation sites (tertiary alicyclic amines) is 1. The fourth-order valence-electron chi connectivity index (χ4n) is 3.17. The number of fused-ring (bicyclic) bond motifs is 1. The number of halogens is 2. The molecule has 0 radical (unpaired) electrons. The normalized spacial score (nSPS) is 24.2. The van der Waals surface area contributed by atoms with Crippen LogP contribution in [0.1, 0.15) is 5.69 Å². The minimum absolute atomic E-state index is 0.0404. The number of nitrogens with zero attached hydrogens (tertiary/aromatic N) is 3. The summed E-state index contributed by atoms with van der Waals surface area (Å²) in [6.07, 6.45) is 0.0807. The maximum atomic E-state index is 13.8. The van der Waals surface area contributed by atoms with E-state index in [2.05, 4.69) is 26.0 Å². The molecule has 7 nitrogen and oxygen atoms in total. The largest absolute Gasteiger partial charge is 0.372 e. The number of hydrogen-bond donors (Lipinski definition) is 0. The average Bonchev–Trinajstić information content (AvgIpc) is 3.13. The van der Waals surface area contributed by atoms with E-state index in [0.29, 0.717) is 53.5 Å². The second-order valence-electron chi connectivity index (χ2n) is 5.87. The number of hydrogen-bond acceptors (Lipinski definition) is 6. The van der Waals surface area contributed by atoms with Crippen molar-refractivity contribution in [3.05, 3.63) is 39.4 Å². The predicted molar refractivity (Wildman–Crippen MR) is 83.3 cm³/mol. The van der Waals surface area contributed by atoms with E-state index >= 15 is 0 Å². The molecule has 3 heterocycles. The Balaban J connectivity index is 1.57. The molecule has 1 aromatic carbocycles. The van der Waals surface area contributed by atoms with E-state index in [1.807, 2.05) is 0 Å². The van der Waals surface area contributed by atoms with Gasteiger partial charge in [-0.05, 0) is 39.0 Å². The maximum Gasteiger partial charge on any atom is 0.240 e. The Kier molecular flexibility index (Phi) is 4.25. The molecule has 2 saturated heterocycles. The lowest BCUT2D eigenvalue weighted by atomic mass is 10.1. The minimum atomic E-state index is -0.450. The summed E-state index contributed by atoms with van der Waals surface area (Å²) in [5.41, 5.74) is 1.11. The van der Waals surface area contributed by atoms with Crippen molar-refractivity contribution in [2.45, 2.75) is 18.8 Å². The van der Waals surface area contributed by atoms with Crippen LogP contribution < -0.4 is 4.90 Å². The van der Waals surface area contributed by atoms with E-state index in [9.17, 15) is 9.60 Å².